The Bertz CT molecular complexity index is 939. The monoisotopic (exact) mass is 436 g/mol. The third-order valence-corrected chi connectivity index (χ3v) is 6.37. The van der Waals surface area contributed by atoms with Crippen LogP contribution in [0.2, 0.25) is 0 Å². The van der Waals surface area contributed by atoms with Crippen LogP contribution < -0.4 is 10.1 Å². The Kier molecular flexibility index (Phi) is 7.30. The van der Waals surface area contributed by atoms with Crippen LogP contribution in [0.1, 0.15) is 22.2 Å². The van der Waals surface area contributed by atoms with Crippen molar-refractivity contribution >= 4 is 17.2 Å². The molecule has 4 rings (SSSR count). The normalized spacial score (nSPS) is 16.0. The molecule has 0 spiro atoms. The standard InChI is InChI=1S/C24H28N4O2S/c1-30-21-9-7-19(8-10-21)17-27-12-14-28(15-13-27)18-22(29)26-23(24-25-11-16-31-24)20-5-3-2-4-6-20/h2-11,16,23H,12-15,17-18H2,1H3,(H,26,29). The minimum atomic E-state index is -0.204. The highest BCUT2D eigenvalue weighted by atomic mass is 32.1. The van der Waals surface area contributed by atoms with Crippen molar-refractivity contribution in [2.45, 2.75) is 12.6 Å². The molecule has 0 saturated carbocycles. The first-order valence-electron chi connectivity index (χ1n) is 10.5. The molecule has 1 aromatic heterocycles. The van der Waals surface area contributed by atoms with E-state index in [1.807, 2.05) is 47.8 Å². The first-order chi connectivity index (χ1) is 15.2. The van der Waals surface area contributed by atoms with Crippen molar-refractivity contribution in [1.82, 2.24) is 20.1 Å². The Labute approximate surface area is 187 Å². The van der Waals surface area contributed by atoms with Crippen LogP contribution in [0.15, 0.2) is 66.2 Å². The SMILES string of the molecule is COc1ccc(CN2CCN(CC(=O)NC(c3ccccc3)c3nccs3)CC2)cc1. The van der Waals surface area contributed by atoms with Gasteiger partial charge in [-0.2, -0.15) is 0 Å². The molecular formula is C24H28N4O2S. The molecule has 1 unspecified atom stereocenters. The molecule has 6 nitrogen and oxygen atoms in total. The van der Waals surface area contributed by atoms with Gasteiger partial charge in [0, 0.05) is 44.3 Å². The number of hydrogen-bond donors (Lipinski definition) is 1. The number of rotatable bonds is 8. The van der Waals surface area contributed by atoms with Gasteiger partial charge >= 0.3 is 0 Å². The van der Waals surface area contributed by atoms with Gasteiger partial charge in [-0.15, -0.1) is 11.3 Å². The molecule has 1 aliphatic heterocycles. The largest absolute Gasteiger partial charge is 0.497 e. The fraction of sp³-hybridized carbons (Fsp3) is 0.333. The van der Waals surface area contributed by atoms with E-state index in [2.05, 4.69) is 32.2 Å². The quantitative estimate of drug-likeness (QED) is 0.588. The zero-order valence-electron chi connectivity index (χ0n) is 17.7. The summed E-state index contributed by atoms with van der Waals surface area (Å²) in [4.78, 5) is 21.9. The molecule has 1 amide bonds. The molecule has 162 valence electrons. The van der Waals surface area contributed by atoms with E-state index < -0.39 is 0 Å². The Balaban J connectivity index is 1.28. The lowest BCUT2D eigenvalue weighted by molar-refractivity contribution is -0.123. The van der Waals surface area contributed by atoms with Gasteiger partial charge in [-0.3, -0.25) is 14.6 Å². The Morgan fingerprint density at radius 2 is 1.77 bits per heavy atom. The van der Waals surface area contributed by atoms with E-state index >= 15 is 0 Å². The van der Waals surface area contributed by atoms with Gasteiger partial charge in [-0.25, -0.2) is 4.98 Å². The van der Waals surface area contributed by atoms with Crippen molar-refractivity contribution in [1.29, 1.82) is 0 Å². The molecule has 2 heterocycles. The minimum Gasteiger partial charge on any atom is -0.497 e. The van der Waals surface area contributed by atoms with Gasteiger partial charge in [0.1, 0.15) is 16.8 Å². The molecule has 0 radical (unpaired) electrons. The second-order valence-corrected chi connectivity index (χ2v) is 8.61. The van der Waals surface area contributed by atoms with Gasteiger partial charge < -0.3 is 10.1 Å². The lowest BCUT2D eigenvalue weighted by Crippen LogP contribution is -2.49. The zero-order valence-corrected chi connectivity index (χ0v) is 18.6. The van der Waals surface area contributed by atoms with Crippen LogP contribution >= 0.6 is 11.3 Å². The Hall–Kier alpha value is -2.74. The number of nitrogens with zero attached hydrogens (tertiary/aromatic N) is 3. The molecule has 7 heteroatoms. The minimum absolute atomic E-state index is 0.0349. The molecule has 1 atom stereocenters. The predicted octanol–water partition coefficient (Wildman–Crippen LogP) is 3.18. The predicted molar refractivity (Wildman–Crippen MR) is 123 cm³/mol. The summed E-state index contributed by atoms with van der Waals surface area (Å²) in [5, 5.41) is 6.04. The third-order valence-electron chi connectivity index (χ3n) is 5.53. The van der Waals surface area contributed by atoms with E-state index in [0.29, 0.717) is 6.54 Å². The van der Waals surface area contributed by atoms with Crippen molar-refractivity contribution in [2.24, 2.45) is 0 Å². The van der Waals surface area contributed by atoms with E-state index in [1.54, 1.807) is 24.6 Å². The van der Waals surface area contributed by atoms with Crippen molar-refractivity contribution in [3.05, 3.63) is 82.3 Å². The van der Waals surface area contributed by atoms with Gasteiger partial charge in [0.2, 0.25) is 5.91 Å². The number of piperazine rings is 1. The van der Waals surface area contributed by atoms with E-state index in [1.165, 1.54) is 5.56 Å². The molecule has 1 N–H and O–H groups in total. The van der Waals surface area contributed by atoms with Gasteiger partial charge in [-0.05, 0) is 23.3 Å². The number of amides is 1. The average Bonchev–Trinajstić information content (AvgIpc) is 3.34. The summed E-state index contributed by atoms with van der Waals surface area (Å²) in [6.07, 6.45) is 1.78. The van der Waals surface area contributed by atoms with E-state index in [0.717, 1.165) is 49.0 Å². The van der Waals surface area contributed by atoms with Crippen molar-refractivity contribution in [3.8, 4) is 5.75 Å². The maximum absolute atomic E-state index is 12.8. The van der Waals surface area contributed by atoms with Crippen LogP contribution in [-0.2, 0) is 11.3 Å². The number of benzene rings is 2. The summed E-state index contributed by atoms with van der Waals surface area (Å²) < 4.78 is 5.23. The summed E-state index contributed by atoms with van der Waals surface area (Å²) >= 11 is 1.56. The van der Waals surface area contributed by atoms with Crippen LogP contribution in [0.3, 0.4) is 0 Å². The number of carbonyl (C=O) groups excluding carboxylic acids is 1. The smallest absolute Gasteiger partial charge is 0.235 e. The van der Waals surface area contributed by atoms with Gasteiger partial charge in [-0.1, -0.05) is 42.5 Å². The number of aromatic nitrogens is 1. The summed E-state index contributed by atoms with van der Waals surface area (Å²) in [6, 6.07) is 18.0. The maximum atomic E-state index is 12.8. The van der Waals surface area contributed by atoms with E-state index in [4.69, 9.17) is 4.74 Å². The first-order valence-corrected chi connectivity index (χ1v) is 11.4. The number of nitrogens with one attached hydrogen (secondary N) is 1. The Morgan fingerprint density at radius 3 is 2.42 bits per heavy atom. The molecule has 1 fully saturated rings. The summed E-state index contributed by atoms with van der Waals surface area (Å²) in [5.74, 6) is 0.916. The van der Waals surface area contributed by atoms with Crippen molar-refractivity contribution < 1.29 is 9.53 Å². The molecule has 3 aromatic rings. The second-order valence-electron chi connectivity index (χ2n) is 7.68. The zero-order chi connectivity index (χ0) is 21.5. The van der Waals surface area contributed by atoms with Gasteiger partial charge in [0.15, 0.2) is 0 Å². The third kappa shape index (κ3) is 5.91. The topological polar surface area (TPSA) is 57.7 Å². The highest BCUT2D eigenvalue weighted by Crippen LogP contribution is 2.23. The van der Waals surface area contributed by atoms with Crippen LogP contribution in [-0.4, -0.2) is 60.5 Å². The highest BCUT2D eigenvalue weighted by Gasteiger charge is 2.23. The average molecular weight is 437 g/mol. The van der Waals surface area contributed by atoms with Crippen LogP contribution in [0.25, 0.3) is 0 Å². The van der Waals surface area contributed by atoms with Gasteiger partial charge in [0.05, 0.1) is 13.7 Å². The second kappa shape index (κ2) is 10.5. The molecular weight excluding hydrogens is 408 g/mol. The lowest BCUT2D eigenvalue weighted by atomic mass is 10.1. The molecule has 0 bridgehead atoms. The fourth-order valence-electron chi connectivity index (χ4n) is 3.81. The summed E-state index contributed by atoms with van der Waals surface area (Å²) in [7, 11) is 1.68. The van der Waals surface area contributed by atoms with Crippen LogP contribution in [0.5, 0.6) is 5.75 Å². The van der Waals surface area contributed by atoms with E-state index in [-0.39, 0.29) is 11.9 Å². The van der Waals surface area contributed by atoms with Crippen molar-refractivity contribution in [3.63, 3.8) is 0 Å². The number of thiazole rings is 1. The fourth-order valence-corrected chi connectivity index (χ4v) is 4.53. The highest BCUT2D eigenvalue weighted by molar-refractivity contribution is 7.09. The number of methoxy groups -OCH3 is 1. The summed E-state index contributed by atoms with van der Waals surface area (Å²) in [6.45, 7) is 5.00. The van der Waals surface area contributed by atoms with E-state index in [9.17, 15) is 4.79 Å². The van der Waals surface area contributed by atoms with Crippen LogP contribution in [0.4, 0.5) is 0 Å². The van der Waals surface area contributed by atoms with Crippen molar-refractivity contribution in [2.75, 3.05) is 39.8 Å². The molecule has 0 aliphatic carbocycles. The van der Waals surface area contributed by atoms with Gasteiger partial charge in [0.25, 0.3) is 0 Å². The molecule has 1 aliphatic rings. The number of carbonyl (C=O) groups is 1. The molecule has 31 heavy (non-hydrogen) atoms. The lowest BCUT2D eigenvalue weighted by Gasteiger charge is -2.34. The Morgan fingerprint density at radius 1 is 1.06 bits per heavy atom. The number of hydrogen-bond acceptors (Lipinski definition) is 6. The number of ether oxygens (including phenoxy) is 1. The molecule has 2 aromatic carbocycles. The summed E-state index contributed by atoms with van der Waals surface area (Å²) in [5.41, 5.74) is 2.33. The first kappa shape index (κ1) is 21.5. The maximum Gasteiger partial charge on any atom is 0.235 e. The van der Waals surface area contributed by atoms with Crippen LogP contribution in [0, 0.1) is 0 Å². The molecule has 1 saturated heterocycles.